The summed E-state index contributed by atoms with van der Waals surface area (Å²) in [5.41, 5.74) is 3.71. The number of nitrogens with one attached hydrogen (secondary N) is 1. The third-order valence-electron chi connectivity index (χ3n) is 5.91. The Morgan fingerprint density at radius 2 is 1.90 bits per heavy atom. The van der Waals surface area contributed by atoms with Crippen molar-refractivity contribution in [1.29, 1.82) is 0 Å². The molecule has 208 valence electrons. The van der Waals surface area contributed by atoms with Gasteiger partial charge in [-0.2, -0.15) is 4.99 Å². The molecule has 41 heavy (non-hydrogen) atoms. The Morgan fingerprint density at radius 1 is 1.15 bits per heavy atom. The predicted octanol–water partition coefficient (Wildman–Crippen LogP) is 6.45. The second-order valence-electron chi connectivity index (χ2n) is 8.69. The van der Waals surface area contributed by atoms with Crippen LogP contribution in [-0.2, 0) is 4.79 Å². The van der Waals surface area contributed by atoms with Crippen molar-refractivity contribution in [3.8, 4) is 22.8 Å². The molecule has 0 atom stereocenters. The first-order valence-electron chi connectivity index (χ1n) is 12.1. The summed E-state index contributed by atoms with van der Waals surface area (Å²) in [6, 6.07) is 17.0. The molecule has 0 spiro atoms. The van der Waals surface area contributed by atoms with Gasteiger partial charge in [-0.05, 0) is 66.6 Å². The number of aliphatic imine (C=N–C) groups is 1. The number of para-hydroxylation sites is 1. The van der Waals surface area contributed by atoms with Crippen LogP contribution >= 0.6 is 11.8 Å². The maximum Gasteiger partial charge on any atom is 0.573 e. The van der Waals surface area contributed by atoms with Crippen LogP contribution in [0.25, 0.3) is 23.2 Å². The van der Waals surface area contributed by atoms with Crippen molar-refractivity contribution in [2.75, 3.05) is 16.0 Å². The molecule has 1 saturated heterocycles. The lowest BCUT2D eigenvalue weighted by molar-refractivity contribution is -0.274. The topological polar surface area (TPSA) is 102 Å². The Labute approximate surface area is 236 Å². The van der Waals surface area contributed by atoms with E-state index < -0.39 is 12.4 Å². The Bertz CT molecular complexity index is 1670. The van der Waals surface area contributed by atoms with Crippen LogP contribution < -0.4 is 15.0 Å². The molecule has 3 aromatic carbocycles. The molecule has 0 radical (unpaired) electrons. The van der Waals surface area contributed by atoms with Crippen LogP contribution in [0.15, 0.2) is 84.6 Å². The van der Waals surface area contributed by atoms with E-state index in [0.29, 0.717) is 34.0 Å². The minimum atomic E-state index is -4.77. The summed E-state index contributed by atoms with van der Waals surface area (Å²) in [7, 11) is 0. The molecule has 9 nitrogen and oxygen atoms in total. The van der Waals surface area contributed by atoms with Crippen molar-refractivity contribution < 1.29 is 27.5 Å². The monoisotopic (exact) mass is 578 g/mol. The molecule has 1 N–H and O–H groups in total. The van der Waals surface area contributed by atoms with Crippen molar-refractivity contribution in [1.82, 2.24) is 14.8 Å². The number of halogens is 3. The molecule has 1 fully saturated rings. The first kappa shape index (κ1) is 27.6. The van der Waals surface area contributed by atoms with Crippen molar-refractivity contribution in [2.45, 2.75) is 13.3 Å². The van der Waals surface area contributed by atoms with E-state index in [-0.39, 0.29) is 22.6 Å². The molecular weight excluding hydrogens is 557 g/mol. The molecule has 1 aliphatic rings. The van der Waals surface area contributed by atoms with Crippen molar-refractivity contribution in [3.63, 3.8) is 0 Å². The third kappa shape index (κ3) is 6.30. The Kier molecular flexibility index (Phi) is 7.62. The Balaban J connectivity index is 1.29. The Hall–Kier alpha value is -4.91. The summed E-state index contributed by atoms with van der Waals surface area (Å²) in [4.78, 5) is 35.2. The van der Waals surface area contributed by atoms with Gasteiger partial charge >= 0.3 is 12.4 Å². The standard InChI is InChI=1S/C28H21F3N6O3S/c1-3-18-6-4-5-7-23(18)37-24(38)15-41-27(37)34-26(39)33-22-13-8-19(14-17(22)2)25-32-16-36(35-25)20-9-11-21(12-10-20)40-28(29,30)31/h3-14,16H,1,15H2,2H3,(H,33,39)/b34-27-. The molecule has 1 aromatic heterocycles. The number of ether oxygens (including phenoxy) is 1. The quantitative estimate of drug-likeness (QED) is 0.282. The zero-order chi connectivity index (χ0) is 29.1. The SMILES string of the molecule is C=Cc1ccccc1N1C(=O)CS/C1=N\C(=O)Nc1ccc(-c2ncn(-c3ccc(OC(F)(F)F)cc3)n2)cc1C. The number of anilines is 2. The highest BCUT2D eigenvalue weighted by Gasteiger charge is 2.32. The van der Waals surface area contributed by atoms with E-state index in [1.165, 1.54) is 51.9 Å². The lowest BCUT2D eigenvalue weighted by atomic mass is 10.1. The lowest BCUT2D eigenvalue weighted by Crippen LogP contribution is -2.30. The molecule has 0 saturated carbocycles. The number of nitrogens with zero attached hydrogens (tertiary/aromatic N) is 5. The molecule has 0 bridgehead atoms. The number of alkyl halides is 3. The smallest absolute Gasteiger partial charge is 0.406 e. The van der Waals surface area contributed by atoms with Gasteiger partial charge in [0.25, 0.3) is 0 Å². The van der Waals surface area contributed by atoms with Crippen LogP contribution in [0, 0.1) is 6.92 Å². The zero-order valence-electron chi connectivity index (χ0n) is 21.4. The number of aromatic nitrogens is 3. The van der Waals surface area contributed by atoms with Crippen molar-refractivity contribution in [2.24, 2.45) is 4.99 Å². The lowest BCUT2D eigenvalue weighted by Gasteiger charge is -2.18. The molecule has 0 aliphatic carbocycles. The molecule has 4 aromatic rings. The fourth-order valence-electron chi connectivity index (χ4n) is 4.04. The number of aryl methyl sites for hydroxylation is 1. The van der Waals surface area contributed by atoms with Gasteiger partial charge in [0.05, 0.1) is 17.1 Å². The summed E-state index contributed by atoms with van der Waals surface area (Å²) < 4.78 is 42.5. The number of hydrogen-bond acceptors (Lipinski definition) is 6. The van der Waals surface area contributed by atoms with Crippen LogP contribution in [0.3, 0.4) is 0 Å². The maximum absolute atomic E-state index is 12.8. The minimum Gasteiger partial charge on any atom is -0.406 e. The van der Waals surface area contributed by atoms with E-state index in [2.05, 4.69) is 31.7 Å². The number of amidine groups is 1. The number of thioether (sulfide) groups is 1. The maximum atomic E-state index is 12.8. The summed E-state index contributed by atoms with van der Waals surface area (Å²) >= 11 is 1.17. The summed E-state index contributed by atoms with van der Waals surface area (Å²) in [6.45, 7) is 5.58. The molecule has 0 unspecified atom stereocenters. The first-order valence-corrected chi connectivity index (χ1v) is 13.1. The fourth-order valence-corrected chi connectivity index (χ4v) is 4.90. The van der Waals surface area contributed by atoms with Crippen LogP contribution in [0.1, 0.15) is 11.1 Å². The van der Waals surface area contributed by atoms with Crippen LogP contribution in [0.5, 0.6) is 5.75 Å². The summed E-state index contributed by atoms with van der Waals surface area (Å²) in [5.74, 6) is 0.0109. The number of rotatable bonds is 6. The molecule has 1 aliphatic heterocycles. The van der Waals surface area contributed by atoms with E-state index >= 15 is 0 Å². The van der Waals surface area contributed by atoms with Crippen LogP contribution in [0.4, 0.5) is 29.3 Å². The second-order valence-corrected chi connectivity index (χ2v) is 9.63. The molecule has 13 heteroatoms. The second kappa shape index (κ2) is 11.3. The average molecular weight is 579 g/mol. The van der Waals surface area contributed by atoms with Gasteiger partial charge in [-0.3, -0.25) is 9.69 Å². The van der Waals surface area contributed by atoms with Crippen molar-refractivity contribution >= 4 is 46.3 Å². The van der Waals surface area contributed by atoms with Crippen molar-refractivity contribution in [3.05, 3.63) is 90.8 Å². The molecular formula is C28H21F3N6O3S. The highest BCUT2D eigenvalue weighted by Crippen LogP contribution is 2.31. The highest BCUT2D eigenvalue weighted by atomic mass is 32.2. The normalized spacial score (nSPS) is 14.4. The number of urea groups is 1. The fraction of sp³-hybridized carbons (Fsp3) is 0.107. The number of hydrogen-bond donors (Lipinski definition) is 1. The van der Waals surface area contributed by atoms with Gasteiger partial charge in [0, 0.05) is 11.3 Å². The Morgan fingerprint density at radius 3 is 2.61 bits per heavy atom. The average Bonchev–Trinajstić information content (AvgIpc) is 3.56. The zero-order valence-corrected chi connectivity index (χ0v) is 22.2. The van der Waals surface area contributed by atoms with E-state index in [9.17, 15) is 22.8 Å². The molecule has 3 amide bonds. The van der Waals surface area contributed by atoms with E-state index in [1.807, 2.05) is 12.1 Å². The number of amides is 3. The molecule has 5 rings (SSSR count). The number of carbonyl (C=O) groups is 2. The van der Waals surface area contributed by atoms with Gasteiger partial charge in [0.1, 0.15) is 12.1 Å². The largest absolute Gasteiger partial charge is 0.573 e. The van der Waals surface area contributed by atoms with Gasteiger partial charge in [0.15, 0.2) is 11.0 Å². The van der Waals surface area contributed by atoms with Crippen LogP contribution in [-0.4, -0.2) is 44.0 Å². The van der Waals surface area contributed by atoms with E-state index in [0.717, 1.165) is 5.56 Å². The number of carbonyl (C=O) groups excluding carboxylic acids is 2. The summed E-state index contributed by atoms with van der Waals surface area (Å²) in [5, 5.41) is 7.41. The van der Waals surface area contributed by atoms with Gasteiger partial charge < -0.3 is 10.1 Å². The van der Waals surface area contributed by atoms with E-state index in [4.69, 9.17) is 0 Å². The van der Waals surface area contributed by atoms with Gasteiger partial charge in [-0.1, -0.05) is 42.6 Å². The minimum absolute atomic E-state index is 0.163. The first-order chi connectivity index (χ1) is 19.6. The van der Waals surface area contributed by atoms with Crippen LogP contribution in [0.2, 0.25) is 0 Å². The number of benzene rings is 3. The molecule has 2 heterocycles. The van der Waals surface area contributed by atoms with E-state index in [1.54, 1.807) is 43.3 Å². The third-order valence-corrected chi connectivity index (χ3v) is 6.84. The van der Waals surface area contributed by atoms with Gasteiger partial charge in [0.2, 0.25) is 5.91 Å². The van der Waals surface area contributed by atoms with Gasteiger partial charge in [-0.25, -0.2) is 14.5 Å². The predicted molar refractivity (Wildman–Crippen MR) is 151 cm³/mol. The summed E-state index contributed by atoms with van der Waals surface area (Å²) in [6.07, 6.45) is -1.70. The van der Waals surface area contributed by atoms with Gasteiger partial charge in [-0.15, -0.1) is 18.3 Å². The highest BCUT2D eigenvalue weighted by molar-refractivity contribution is 8.15.